The summed E-state index contributed by atoms with van der Waals surface area (Å²) >= 11 is 0. The molecule has 4 rings (SSSR count). The number of halogens is 2. The van der Waals surface area contributed by atoms with Crippen LogP contribution in [-0.4, -0.2) is 34.3 Å². The zero-order chi connectivity index (χ0) is 22.1. The van der Waals surface area contributed by atoms with Crippen molar-refractivity contribution in [3.05, 3.63) is 65.4 Å². The summed E-state index contributed by atoms with van der Waals surface area (Å²) in [5.74, 6) is -3.00. The number of nitrogens with one attached hydrogen (secondary N) is 2. The van der Waals surface area contributed by atoms with Crippen LogP contribution in [0.1, 0.15) is 17.7 Å². The van der Waals surface area contributed by atoms with Gasteiger partial charge in [0.05, 0.1) is 18.4 Å². The molecular weight excluding hydrogens is 402 g/mol. The van der Waals surface area contributed by atoms with Crippen LogP contribution in [0.15, 0.2) is 42.5 Å². The summed E-state index contributed by atoms with van der Waals surface area (Å²) in [5, 5.41) is 12.8. The quantitative estimate of drug-likeness (QED) is 0.672. The fraction of sp³-hybridized carbons (Fsp3) is 0.261. The van der Waals surface area contributed by atoms with E-state index in [-0.39, 0.29) is 31.2 Å². The van der Waals surface area contributed by atoms with E-state index in [1.807, 2.05) is 25.1 Å². The van der Waals surface area contributed by atoms with Crippen LogP contribution in [-0.2, 0) is 16.0 Å². The number of nitrogens with zero attached hydrogens (tertiary/aromatic N) is 2. The Balaban J connectivity index is 1.46. The number of fused-ring (bicyclic) bond motifs is 1. The molecule has 8 heteroatoms. The molecule has 1 fully saturated rings. The van der Waals surface area contributed by atoms with Crippen LogP contribution in [0.2, 0.25) is 0 Å². The third-order valence-corrected chi connectivity index (χ3v) is 5.60. The maximum Gasteiger partial charge on any atom is 0.229 e. The molecule has 0 saturated carbocycles. The van der Waals surface area contributed by atoms with Gasteiger partial charge in [-0.15, -0.1) is 0 Å². The highest BCUT2D eigenvalue weighted by Gasteiger charge is 2.38. The number of aryl methyl sites for hydroxylation is 1. The Morgan fingerprint density at radius 3 is 2.71 bits per heavy atom. The Morgan fingerprint density at radius 1 is 1.23 bits per heavy atom. The normalized spacial score (nSPS) is 18.2. The highest BCUT2D eigenvalue weighted by molar-refractivity contribution is 5.94. The van der Waals surface area contributed by atoms with Crippen molar-refractivity contribution in [2.24, 2.45) is 5.92 Å². The van der Waals surface area contributed by atoms with Gasteiger partial charge in [0.2, 0.25) is 11.8 Å². The highest BCUT2D eigenvalue weighted by atomic mass is 19.2. The first-order chi connectivity index (χ1) is 14.9. The molecular formula is C23H20F2N4O2. The third kappa shape index (κ3) is 4.12. The fourth-order valence-corrected chi connectivity index (χ4v) is 3.92. The minimum Gasteiger partial charge on any atom is -0.358 e. The minimum atomic E-state index is -0.973. The number of aromatic amines is 1. The van der Waals surface area contributed by atoms with Crippen LogP contribution in [0.4, 0.5) is 14.5 Å². The van der Waals surface area contributed by atoms with Gasteiger partial charge in [-0.1, -0.05) is 18.2 Å². The summed E-state index contributed by atoms with van der Waals surface area (Å²) in [6.07, 6.45) is 0.186. The number of rotatable bonds is 4. The lowest BCUT2D eigenvalue weighted by molar-refractivity contribution is -0.130. The third-order valence-electron chi connectivity index (χ3n) is 5.60. The first kappa shape index (κ1) is 20.5. The van der Waals surface area contributed by atoms with Crippen LogP contribution >= 0.6 is 0 Å². The van der Waals surface area contributed by atoms with Crippen molar-refractivity contribution in [3.63, 3.8) is 0 Å². The van der Waals surface area contributed by atoms with Gasteiger partial charge in [0, 0.05) is 34.9 Å². The predicted octanol–water partition coefficient (Wildman–Crippen LogP) is 3.68. The number of aromatic nitrogens is 1. The van der Waals surface area contributed by atoms with Gasteiger partial charge in [-0.05, 0) is 37.1 Å². The zero-order valence-corrected chi connectivity index (χ0v) is 16.8. The Bertz CT molecular complexity index is 1170. The summed E-state index contributed by atoms with van der Waals surface area (Å²) in [4.78, 5) is 29.9. The zero-order valence-electron chi connectivity index (χ0n) is 16.8. The molecule has 1 aromatic heterocycles. The molecule has 6 nitrogen and oxygen atoms in total. The number of hydrogen-bond donors (Lipinski definition) is 2. The molecule has 1 aliphatic heterocycles. The Morgan fingerprint density at radius 2 is 1.97 bits per heavy atom. The molecule has 3 aromatic rings. The van der Waals surface area contributed by atoms with E-state index in [4.69, 9.17) is 0 Å². The summed E-state index contributed by atoms with van der Waals surface area (Å²) in [6.45, 7) is 2.02. The van der Waals surface area contributed by atoms with Crippen molar-refractivity contribution in [1.29, 1.82) is 5.26 Å². The second-order valence-electron chi connectivity index (χ2n) is 7.75. The van der Waals surface area contributed by atoms with E-state index in [9.17, 15) is 23.6 Å². The molecule has 2 atom stereocenters. The summed E-state index contributed by atoms with van der Waals surface area (Å²) in [6, 6.07) is 12.5. The highest BCUT2D eigenvalue weighted by Crippen LogP contribution is 2.27. The number of anilines is 1. The average molecular weight is 422 g/mol. The summed E-state index contributed by atoms with van der Waals surface area (Å²) in [7, 11) is 0. The topological polar surface area (TPSA) is 89.0 Å². The number of nitriles is 1. The SMILES string of the molecule is Cc1ccccc1NC(=O)C1CC(C#N)N(C(=O)Cc2cc3cc(F)c(F)cc3[nH]2)C1. The lowest BCUT2D eigenvalue weighted by Crippen LogP contribution is -2.36. The van der Waals surface area contributed by atoms with Crippen molar-refractivity contribution < 1.29 is 18.4 Å². The molecule has 2 amide bonds. The monoisotopic (exact) mass is 422 g/mol. The van der Waals surface area contributed by atoms with E-state index in [2.05, 4.69) is 16.4 Å². The lowest BCUT2D eigenvalue weighted by Gasteiger charge is -2.19. The first-order valence-electron chi connectivity index (χ1n) is 9.88. The predicted molar refractivity (Wildman–Crippen MR) is 111 cm³/mol. The Labute approximate surface area is 177 Å². The number of para-hydroxylation sites is 1. The number of carbonyl (C=O) groups is 2. The number of likely N-dealkylation sites (tertiary alicyclic amines) is 1. The molecule has 2 unspecified atom stereocenters. The Kier molecular flexibility index (Phi) is 5.42. The smallest absolute Gasteiger partial charge is 0.229 e. The van der Waals surface area contributed by atoms with Gasteiger partial charge in [0.1, 0.15) is 6.04 Å². The second kappa shape index (κ2) is 8.19. The van der Waals surface area contributed by atoms with E-state index in [0.717, 1.165) is 17.7 Å². The largest absolute Gasteiger partial charge is 0.358 e. The molecule has 2 N–H and O–H groups in total. The number of H-pyrrole nitrogens is 1. The summed E-state index contributed by atoms with van der Waals surface area (Å²) < 4.78 is 26.8. The molecule has 31 heavy (non-hydrogen) atoms. The van der Waals surface area contributed by atoms with E-state index in [1.165, 1.54) is 4.90 Å². The van der Waals surface area contributed by atoms with Gasteiger partial charge in [-0.3, -0.25) is 9.59 Å². The first-order valence-corrected chi connectivity index (χ1v) is 9.88. The maximum atomic E-state index is 13.4. The molecule has 0 aliphatic carbocycles. The van der Waals surface area contributed by atoms with Gasteiger partial charge in [0.25, 0.3) is 0 Å². The molecule has 0 spiro atoms. The average Bonchev–Trinajstić information content (AvgIpc) is 3.33. The number of benzene rings is 2. The van der Waals surface area contributed by atoms with Gasteiger partial charge in [-0.2, -0.15) is 5.26 Å². The van der Waals surface area contributed by atoms with Crippen LogP contribution < -0.4 is 5.32 Å². The standard InChI is InChI=1S/C23H20F2N4O2/c1-13-4-2-3-5-20(13)28-23(31)15-7-17(11-26)29(12-15)22(30)9-16-6-14-8-18(24)19(25)10-21(14)27-16/h2-6,8,10,15,17,27H,7,9,12H2,1H3,(H,28,31). The van der Waals surface area contributed by atoms with Gasteiger partial charge >= 0.3 is 0 Å². The van der Waals surface area contributed by atoms with Crippen LogP contribution in [0.3, 0.4) is 0 Å². The minimum absolute atomic E-state index is 0.0672. The van der Waals surface area contributed by atoms with E-state index in [1.54, 1.807) is 12.1 Å². The molecule has 2 aromatic carbocycles. The number of carbonyl (C=O) groups excluding carboxylic acids is 2. The van der Waals surface area contributed by atoms with Crippen molar-refractivity contribution in [3.8, 4) is 6.07 Å². The molecule has 1 aliphatic rings. The lowest BCUT2D eigenvalue weighted by atomic mass is 10.0. The second-order valence-corrected chi connectivity index (χ2v) is 7.75. The maximum absolute atomic E-state index is 13.4. The molecule has 0 bridgehead atoms. The van der Waals surface area contributed by atoms with Gasteiger partial charge in [-0.25, -0.2) is 8.78 Å². The van der Waals surface area contributed by atoms with E-state index >= 15 is 0 Å². The van der Waals surface area contributed by atoms with Gasteiger partial charge < -0.3 is 15.2 Å². The Hall–Kier alpha value is -3.73. The molecule has 158 valence electrons. The van der Waals surface area contributed by atoms with Crippen LogP contribution in [0.25, 0.3) is 10.9 Å². The van der Waals surface area contributed by atoms with E-state index in [0.29, 0.717) is 22.3 Å². The molecule has 2 heterocycles. The van der Waals surface area contributed by atoms with Crippen molar-refractivity contribution in [2.45, 2.75) is 25.8 Å². The number of hydrogen-bond acceptors (Lipinski definition) is 3. The van der Waals surface area contributed by atoms with E-state index < -0.39 is 23.6 Å². The van der Waals surface area contributed by atoms with Crippen molar-refractivity contribution in [1.82, 2.24) is 9.88 Å². The fourth-order valence-electron chi connectivity index (χ4n) is 3.92. The van der Waals surface area contributed by atoms with Crippen molar-refractivity contribution >= 4 is 28.4 Å². The molecule has 1 saturated heterocycles. The van der Waals surface area contributed by atoms with Gasteiger partial charge in [0.15, 0.2) is 11.6 Å². The van der Waals surface area contributed by atoms with Crippen LogP contribution in [0.5, 0.6) is 0 Å². The molecule has 0 radical (unpaired) electrons. The van der Waals surface area contributed by atoms with Crippen molar-refractivity contribution in [2.75, 3.05) is 11.9 Å². The van der Waals surface area contributed by atoms with Crippen LogP contribution in [0, 0.1) is 35.8 Å². The number of amides is 2. The summed E-state index contributed by atoms with van der Waals surface area (Å²) in [5.41, 5.74) is 2.48.